The average molecular weight is 457 g/mol. The summed E-state index contributed by atoms with van der Waals surface area (Å²) in [5.41, 5.74) is 7.05. The van der Waals surface area contributed by atoms with Gasteiger partial charge in [0.1, 0.15) is 5.60 Å². The first-order valence-electron chi connectivity index (χ1n) is 13.2. The molecule has 1 N–H and O–H groups in total. The van der Waals surface area contributed by atoms with E-state index in [4.69, 9.17) is 0 Å². The maximum Gasteiger partial charge on any atom is 0.156 e. The summed E-state index contributed by atoms with van der Waals surface area (Å²) in [7, 11) is 0. The minimum absolute atomic E-state index is 0.126. The lowest BCUT2D eigenvalue weighted by Crippen LogP contribution is -2.51. The number of carbonyl (C=O) groups is 1. The van der Waals surface area contributed by atoms with Crippen molar-refractivity contribution in [3.8, 4) is 11.8 Å². The number of fused-ring (bicyclic) bond motifs is 4. The Balaban J connectivity index is 1.68. The van der Waals surface area contributed by atoms with Crippen LogP contribution in [0.5, 0.6) is 0 Å². The highest BCUT2D eigenvalue weighted by Crippen LogP contribution is 2.66. The van der Waals surface area contributed by atoms with E-state index >= 15 is 0 Å². The lowest BCUT2D eigenvalue weighted by atomic mass is 9.51. The first-order valence-corrected chi connectivity index (χ1v) is 13.2. The van der Waals surface area contributed by atoms with Gasteiger partial charge in [-0.15, -0.1) is 0 Å². The Hall–Kier alpha value is -2.11. The van der Waals surface area contributed by atoms with E-state index in [1.807, 2.05) is 6.08 Å². The van der Waals surface area contributed by atoms with Gasteiger partial charge in [0.2, 0.25) is 0 Å². The summed E-state index contributed by atoms with van der Waals surface area (Å²) in [6.07, 6.45) is 8.25. The molecule has 1 aromatic carbocycles. The number of rotatable bonds is 1. The molecule has 5 atom stereocenters. The molecule has 4 aliphatic carbocycles. The van der Waals surface area contributed by atoms with Gasteiger partial charge in [0, 0.05) is 23.2 Å². The number of aryl methyl sites for hydroxylation is 2. The molecule has 0 spiro atoms. The Kier molecular flexibility index (Phi) is 5.53. The summed E-state index contributed by atoms with van der Waals surface area (Å²) in [6.45, 7) is 13.1. The molecule has 180 valence electrons. The van der Waals surface area contributed by atoms with Crippen LogP contribution in [0.4, 0.5) is 0 Å². The minimum Gasteiger partial charge on any atom is -0.377 e. The summed E-state index contributed by atoms with van der Waals surface area (Å²) in [5, 5.41) is 12.1. The molecule has 2 nitrogen and oxygen atoms in total. The Labute approximate surface area is 205 Å². The highest BCUT2D eigenvalue weighted by molar-refractivity contribution is 5.93. The summed E-state index contributed by atoms with van der Waals surface area (Å²) in [5.74, 6) is 8.29. The largest absolute Gasteiger partial charge is 0.377 e. The molecule has 0 heterocycles. The van der Waals surface area contributed by atoms with Crippen LogP contribution in [0.15, 0.2) is 41.0 Å². The number of benzene rings is 1. The fourth-order valence-corrected chi connectivity index (χ4v) is 7.44. The van der Waals surface area contributed by atoms with Crippen LogP contribution in [0.2, 0.25) is 0 Å². The number of ketones is 1. The Morgan fingerprint density at radius 2 is 1.82 bits per heavy atom. The van der Waals surface area contributed by atoms with E-state index in [1.165, 1.54) is 27.8 Å². The molecular weight excluding hydrogens is 416 g/mol. The third-order valence-electron chi connectivity index (χ3n) is 9.46. The normalized spacial score (nSPS) is 35.1. The minimum atomic E-state index is -0.947. The molecule has 0 bridgehead atoms. The van der Waals surface area contributed by atoms with Gasteiger partial charge < -0.3 is 5.11 Å². The maximum atomic E-state index is 12.2. The molecule has 5 rings (SSSR count). The van der Waals surface area contributed by atoms with Crippen molar-refractivity contribution in [3.63, 3.8) is 0 Å². The van der Waals surface area contributed by atoms with Gasteiger partial charge in [-0.25, -0.2) is 0 Å². The standard InChI is InChI=1S/C32H40O2/c1-20-7-8-22(17-21(20)2)27-19-31(6)28(13-14-32(31,34)16-15-30(3,4)5)26-11-9-23-18-24(33)10-12-25(23)29(26)27/h7-8,17-18,26-28,34H,9-14,19H2,1-6H3/t26-,27+,28-,31-,32+/m0/s1. The van der Waals surface area contributed by atoms with Gasteiger partial charge in [-0.1, -0.05) is 42.5 Å². The smallest absolute Gasteiger partial charge is 0.156 e. The molecule has 0 aliphatic heterocycles. The van der Waals surface area contributed by atoms with Crippen LogP contribution < -0.4 is 0 Å². The van der Waals surface area contributed by atoms with Gasteiger partial charge >= 0.3 is 0 Å². The van der Waals surface area contributed by atoms with Crippen molar-refractivity contribution < 1.29 is 9.90 Å². The average Bonchev–Trinajstić information content (AvgIpc) is 3.04. The van der Waals surface area contributed by atoms with Gasteiger partial charge in [0.15, 0.2) is 5.78 Å². The number of allylic oxidation sites excluding steroid dienone is 4. The maximum absolute atomic E-state index is 12.2. The molecule has 2 saturated carbocycles. The fraction of sp³-hybridized carbons (Fsp3) is 0.594. The Bertz CT molecular complexity index is 1160. The molecule has 2 fully saturated rings. The first-order chi connectivity index (χ1) is 15.9. The van der Waals surface area contributed by atoms with Gasteiger partial charge in [-0.3, -0.25) is 4.79 Å². The third kappa shape index (κ3) is 3.72. The zero-order chi connectivity index (χ0) is 24.5. The molecule has 4 aliphatic rings. The second-order valence-electron chi connectivity index (χ2n) is 12.7. The van der Waals surface area contributed by atoms with Crippen LogP contribution in [0.3, 0.4) is 0 Å². The van der Waals surface area contributed by atoms with Gasteiger partial charge in [-0.05, 0) is 119 Å². The predicted molar refractivity (Wildman–Crippen MR) is 138 cm³/mol. The summed E-state index contributed by atoms with van der Waals surface area (Å²) in [6, 6.07) is 6.93. The monoisotopic (exact) mass is 456 g/mol. The molecule has 0 unspecified atom stereocenters. The van der Waals surface area contributed by atoms with Crippen LogP contribution in [0.1, 0.15) is 95.2 Å². The summed E-state index contributed by atoms with van der Waals surface area (Å²) >= 11 is 0. The van der Waals surface area contributed by atoms with E-state index in [0.29, 0.717) is 18.3 Å². The summed E-state index contributed by atoms with van der Waals surface area (Å²) < 4.78 is 0. The van der Waals surface area contributed by atoms with Crippen molar-refractivity contribution in [2.24, 2.45) is 22.7 Å². The fourth-order valence-electron chi connectivity index (χ4n) is 7.44. The lowest BCUT2D eigenvalue weighted by Gasteiger charge is -2.53. The zero-order valence-electron chi connectivity index (χ0n) is 21.8. The molecule has 2 heteroatoms. The van der Waals surface area contributed by atoms with Crippen LogP contribution in [0, 0.1) is 48.4 Å². The van der Waals surface area contributed by atoms with Crippen molar-refractivity contribution >= 4 is 5.78 Å². The topological polar surface area (TPSA) is 37.3 Å². The van der Waals surface area contributed by atoms with E-state index in [-0.39, 0.29) is 22.5 Å². The van der Waals surface area contributed by atoms with Crippen LogP contribution in [-0.2, 0) is 4.79 Å². The predicted octanol–water partition coefficient (Wildman–Crippen LogP) is 6.98. The van der Waals surface area contributed by atoms with Crippen molar-refractivity contribution in [2.75, 3.05) is 0 Å². The molecule has 1 aromatic rings. The van der Waals surface area contributed by atoms with Crippen molar-refractivity contribution in [1.82, 2.24) is 0 Å². The van der Waals surface area contributed by atoms with E-state index < -0.39 is 5.60 Å². The SMILES string of the molecule is Cc1ccc([C@H]2C[C@@]3(C)[C@@H](CC[C@@]3(O)C#CC(C)(C)C)[C@@H]3CCC4=CC(=O)CCC4=C32)cc1C. The first kappa shape index (κ1) is 23.6. The van der Waals surface area contributed by atoms with Gasteiger partial charge in [0.05, 0.1) is 0 Å². The van der Waals surface area contributed by atoms with Gasteiger partial charge in [0.25, 0.3) is 0 Å². The third-order valence-corrected chi connectivity index (χ3v) is 9.46. The molecular formula is C32H40O2. The van der Waals surface area contributed by atoms with Crippen LogP contribution >= 0.6 is 0 Å². The zero-order valence-corrected chi connectivity index (χ0v) is 21.8. The highest BCUT2D eigenvalue weighted by atomic mass is 16.3. The lowest BCUT2D eigenvalue weighted by molar-refractivity contribution is -0.114. The number of aliphatic hydroxyl groups is 1. The molecule has 0 saturated heterocycles. The second kappa shape index (κ2) is 7.96. The van der Waals surface area contributed by atoms with Crippen molar-refractivity contribution in [3.05, 3.63) is 57.7 Å². The second-order valence-corrected chi connectivity index (χ2v) is 12.7. The Morgan fingerprint density at radius 3 is 2.53 bits per heavy atom. The van der Waals surface area contributed by atoms with Crippen molar-refractivity contribution in [2.45, 2.75) is 98.0 Å². The van der Waals surface area contributed by atoms with E-state index in [2.05, 4.69) is 71.6 Å². The molecule has 0 radical (unpaired) electrons. The quantitative estimate of drug-likeness (QED) is 0.463. The number of hydrogen-bond donors (Lipinski definition) is 1. The number of hydrogen-bond acceptors (Lipinski definition) is 2. The number of carbonyl (C=O) groups excluding carboxylic acids is 1. The van der Waals surface area contributed by atoms with E-state index in [0.717, 1.165) is 38.5 Å². The molecule has 34 heavy (non-hydrogen) atoms. The molecule has 0 aromatic heterocycles. The van der Waals surface area contributed by atoms with Gasteiger partial charge in [-0.2, -0.15) is 0 Å². The Morgan fingerprint density at radius 1 is 1.06 bits per heavy atom. The van der Waals surface area contributed by atoms with E-state index in [1.54, 1.807) is 5.57 Å². The van der Waals surface area contributed by atoms with Crippen LogP contribution in [-0.4, -0.2) is 16.5 Å². The van der Waals surface area contributed by atoms with Crippen molar-refractivity contribution in [1.29, 1.82) is 0 Å². The molecule has 0 amide bonds. The van der Waals surface area contributed by atoms with E-state index in [9.17, 15) is 9.90 Å². The van der Waals surface area contributed by atoms with Crippen LogP contribution in [0.25, 0.3) is 0 Å². The highest BCUT2D eigenvalue weighted by Gasteiger charge is 2.62. The summed E-state index contributed by atoms with van der Waals surface area (Å²) in [4.78, 5) is 12.2.